The Balaban J connectivity index is 1.03. The van der Waals surface area contributed by atoms with E-state index in [4.69, 9.17) is 4.99 Å². The molecular weight excluding hydrogens is 617 g/mol. The van der Waals surface area contributed by atoms with Gasteiger partial charge in [-0.2, -0.15) is 0 Å². The Morgan fingerprint density at radius 3 is 1.75 bits per heavy atom. The molecular formula is C49H34N2. The van der Waals surface area contributed by atoms with Gasteiger partial charge in [0, 0.05) is 18.0 Å². The fraction of sp³-hybridized carbons (Fsp3) is 0.0408. The predicted octanol–water partition coefficient (Wildman–Crippen LogP) is 12.8. The van der Waals surface area contributed by atoms with Crippen LogP contribution < -0.4 is 5.32 Å². The van der Waals surface area contributed by atoms with E-state index in [1.807, 2.05) is 18.5 Å². The minimum absolute atomic E-state index is 0.0901. The van der Waals surface area contributed by atoms with Crippen LogP contribution in [-0.4, -0.2) is 6.21 Å². The largest absolute Gasteiger partial charge is 0.377 e. The van der Waals surface area contributed by atoms with Crippen LogP contribution >= 0.6 is 0 Å². The van der Waals surface area contributed by atoms with Gasteiger partial charge in [0.15, 0.2) is 0 Å². The molecule has 1 unspecified atom stereocenters. The standard InChI is InChI=1S/C49H34N2/c1-31-8-5-11-33-16-17-35-13-7-15-44(49(35)47(31)33)43-14-6-12-34-18-22-40-27-39(24-25-42(40)48(34)43)36-19-20-38-28-41(23-21-37(38)26-36)46-30-50-45(29-51-46)32-9-3-2-4-10-32/h2-30,45,50H,1H3. The van der Waals surface area contributed by atoms with E-state index in [0.717, 1.165) is 11.3 Å². The first-order valence-corrected chi connectivity index (χ1v) is 17.6. The van der Waals surface area contributed by atoms with Gasteiger partial charge in [0.05, 0.1) is 11.7 Å². The SMILES string of the molecule is Cc1cccc2ccc3cccc(-c4cccc5ccc6cc(-c7ccc8cc(C9=CNC(c%10ccccc%10)C=N9)ccc8c7)ccc6c45)c3c12. The maximum atomic E-state index is 4.81. The van der Waals surface area contributed by atoms with Gasteiger partial charge >= 0.3 is 0 Å². The van der Waals surface area contributed by atoms with Crippen molar-refractivity contribution in [2.75, 3.05) is 0 Å². The van der Waals surface area contributed by atoms with E-state index in [9.17, 15) is 0 Å². The van der Waals surface area contributed by atoms with E-state index < -0.39 is 0 Å². The summed E-state index contributed by atoms with van der Waals surface area (Å²) in [6.07, 6.45) is 4.02. The van der Waals surface area contributed by atoms with Crippen LogP contribution in [-0.2, 0) is 0 Å². The third-order valence-electron chi connectivity index (χ3n) is 10.6. The van der Waals surface area contributed by atoms with Crippen molar-refractivity contribution in [3.05, 3.63) is 187 Å². The van der Waals surface area contributed by atoms with Crippen LogP contribution in [0.25, 0.3) is 81.8 Å². The molecule has 0 aromatic heterocycles. The number of aryl methyl sites for hydroxylation is 1. The Morgan fingerprint density at radius 2 is 1.02 bits per heavy atom. The van der Waals surface area contributed by atoms with Gasteiger partial charge in [-0.25, -0.2) is 0 Å². The molecule has 9 aromatic rings. The molecule has 1 N–H and O–H groups in total. The Hall–Kier alpha value is -6.51. The molecule has 2 nitrogen and oxygen atoms in total. The maximum absolute atomic E-state index is 4.81. The monoisotopic (exact) mass is 650 g/mol. The van der Waals surface area contributed by atoms with Crippen molar-refractivity contribution in [2.24, 2.45) is 4.99 Å². The first-order chi connectivity index (χ1) is 25.2. The lowest BCUT2D eigenvalue weighted by molar-refractivity contribution is 0.798. The fourth-order valence-electron chi connectivity index (χ4n) is 8.07. The quantitative estimate of drug-likeness (QED) is 0.188. The molecule has 0 saturated carbocycles. The van der Waals surface area contributed by atoms with Gasteiger partial charge in [-0.1, -0.05) is 146 Å². The van der Waals surface area contributed by atoms with Gasteiger partial charge < -0.3 is 5.32 Å². The third-order valence-corrected chi connectivity index (χ3v) is 10.6. The summed E-state index contributed by atoms with van der Waals surface area (Å²) in [7, 11) is 0. The molecule has 240 valence electrons. The average Bonchev–Trinajstić information content (AvgIpc) is 3.20. The predicted molar refractivity (Wildman–Crippen MR) is 218 cm³/mol. The molecule has 1 aliphatic rings. The highest BCUT2D eigenvalue weighted by Gasteiger charge is 2.15. The van der Waals surface area contributed by atoms with Gasteiger partial charge in [0.25, 0.3) is 0 Å². The van der Waals surface area contributed by atoms with E-state index >= 15 is 0 Å². The highest BCUT2D eigenvalue weighted by molar-refractivity contribution is 6.21. The molecule has 1 aliphatic heterocycles. The van der Waals surface area contributed by atoms with Gasteiger partial charge in [0.2, 0.25) is 0 Å². The second-order valence-electron chi connectivity index (χ2n) is 13.7. The summed E-state index contributed by atoms with van der Waals surface area (Å²) >= 11 is 0. The fourth-order valence-corrected chi connectivity index (χ4v) is 8.07. The molecule has 51 heavy (non-hydrogen) atoms. The Morgan fingerprint density at radius 1 is 0.451 bits per heavy atom. The minimum atomic E-state index is 0.0901. The summed E-state index contributed by atoms with van der Waals surface area (Å²) in [6.45, 7) is 2.23. The summed E-state index contributed by atoms with van der Waals surface area (Å²) in [6, 6.07) is 60.0. The van der Waals surface area contributed by atoms with Crippen LogP contribution in [0.5, 0.6) is 0 Å². The lowest BCUT2D eigenvalue weighted by Gasteiger charge is -2.18. The minimum Gasteiger partial charge on any atom is -0.377 e. The topological polar surface area (TPSA) is 24.4 Å². The second-order valence-corrected chi connectivity index (χ2v) is 13.7. The van der Waals surface area contributed by atoms with Crippen molar-refractivity contribution >= 4 is 65.8 Å². The molecule has 0 amide bonds. The Kier molecular flexibility index (Phi) is 6.82. The molecule has 0 radical (unpaired) electrons. The molecule has 0 fully saturated rings. The van der Waals surface area contributed by atoms with Crippen molar-refractivity contribution in [1.29, 1.82) is 0 Å². The summed E-state index contributed by atoms with van der Waals surface area (Å²) in [5.41, 5.74) is 9.55. The van der Waals surface area contributed by atoms with Crippen molar-refractivity contribution in [1.82, 2.24) is 5.32 Å². The molecule has 0 saturated heterocycles. The van der Waals surface area contributed by atoms with Crippen LogP contribution in [0.1, 0.15) is 22.7 Å². The van der Waals surface area contributed by atoms with Gasteiger partial charge in [-0.15, -0.1) is 0 Å². The number of hydrogen-bond donors (Lipinski definition) is 1. The number of nitrogens with one attached hydrogen (secondary N) is 1. The van der Waals surface area contributed by atoms with Gasteiger partial charge in [0.1, 0.15) is 0 Å². The number of fused-ring (bicyclic) bond motifs is 7. The maximum Gasteiger partial charge on any atom is 0.0866 e. The van der Waals surface area contributed by atoms with Gasteiger partial charge in [-0.05, 0) is 112 Å². The third kappa shape index (κ3) is 4.99. The number of aliphatic imine (C=N–C) groups is 1. The van der Waals surface area contributed by atoms with E-state index in [2.05, 4.69) is 170 Å². The number of nitrogens with zero attached hydrogens (tertiary/aromatic N) is 1. The van der Waals surface area contributed by atoms with E-state index in [1.54, 1.807) is 0 Å². The van der Waals surface area contributed by atoms with E-state index in [-0.39, 0.29) is 6.04 Å². The van der Waals surface area contributed by atoms with Crippen molar-refractivity contribution in [3.63, 3.8) is 0 Å². The zero-order valence-corrected chi connectivity index (χ0v) is 28.3. The molecule has 0 bridgehead atoms. The normalized spacial score (nSPS) is 14.4. The molecule has 2 heteroatoms. The van der Waals surface area contributed by atoms with Crippen molar-refractivity contribution in [3.8, 4) is 22.3 Å². The number of hydrogen-bond acceptors (Lipinski definition) is 2. The molecule has 10 rings (SSSR count). The van der Waals surface area contributed by atoms with Crippen LogP contribution in [0.4, 0.5) is 0 Å². The smallest absolute Gasteiger partial charge is 0.0866 e. The highest BCUT2D eigenvalue weighted by Crippen LogP contribution is 2.41. The van der Waals surface area contributed by atoms with E-state index in [0.29, 0.717) is 0 Å². The molecule has 0 spiro atoms. The van der Waals surface area contributed by atoms with Crippen LogP contribution in [0, 0.1) is 6.92 Å². The zero-order chi connectivity index (χ0) is 33.9. The first-order valence-electron chi connectivity index (χ1n) is 17.6. The van der Waals surface area contributed by atoms with E-state index in [1.165, 1.54) is 87.2 Å². The highest BCUT2D eigenvalue weighted by atomic mass is 15.0. The number of rotatable bonds is 4. The van der Waals surface area contributed by atoms with Crippen LogP contribution in [0.3, 0.4) is 0 Å². The zero-order valence-electron chi connectivity index (χ0n) is 28.3. The first kappa shape index (κ1) is 29.4. The lowest BCUT2D eigenvalue weighted by atomic mass is 9.88. The summed E-state index contributed by atoms with van der Waals surface area (Å²) in [5.74, 6) is 0. The molecule has 0 aliphatic carbocycles. The summed E-state index contributed by atoms with van der Waals surface area (Å²) < 4.78 is 0. The summed E-state index contributed by atoms with van der Waals surface area (Å²) in [4.78, 5) is 4.81. The molecule has 1 heterocycles. The lowest BCUT2D eigenvalue weighted by Crippen LogP contribution is -2.20. The molecule has 9 aromatic carbocycles. The second kappa shape index (κ2) is 11.8. The average molecular weight is 651 g/mol. The Bertz CT molecular complexity index is 2900. The van der Waals surface area contributed by atoms with Crippen molar-refractivity contribution < 1.29 is 0 Å². The Labute approximate surface area is 297 Å². The van der Waals surface area contributed by atoms with Crippen LogP contribution in [0.15, 0.2) is 175 Å². The molecule has 1 atom stereocenters. The van der Waals surface area contributed by atoms with Crippen molar-refractivity contribution in [2.45, 2.75) is 13.0 Å². The summed E-state index contributed by atoms with van der Waals surface area (Å²) in [5, 5.41) is 16.2. The number of benzene rings is 9. The van der Waals surface area contributed by atoms with Gasteiger partial charge in [-0.3, -0.25) is 4.99 Å². The van der Waals surface area contributed by atoms with Crippen LogP contribution in [0.2, 0.25) is 0 Å².